The zero-order valence-corrected chi connectivity index (χ0v) is 18.5. The molecular weight excluding hydrogens is 429 g/mol. The first-order chi connectivity index (χ1) is 15.4. The summed E-state index contributed by atoms with van der Waals surface area (Å²) in [6.07, 6.45) is 0.758. The van der Waals surface area contributed by atoms with Crippen molar-refractivity contribution in [1.82, 2.24) is 9.13 Å². The number of hydrogen-bond donors (Lipinski definition) is 1. The maximum Gasteiger partial charge on any atom is 0.332 e. The SMILES string of the molecule is CCc1cccc(C)c1NC(=O)Cn1c(=O)n(Cc2ccc(F)cc2)c(=O)c2sccc21. The van der Waals surface area contributed by atoms with E-state index in [1.807, 2.05) is 32.0 Å². The number of fused-ring (bicyclic) bond motifs is 1. The molecule has 0 aliphatic heterocycles. The molecule has 1 amide bonds. The van der Waals surface area contributed by atoms with Crippen LogP contribution in [0.25, 0.3) is 10.2 Å². The molecule has 2 heterocycles. The first-order valence-corrected chi connectivity index (χ1v) is 11.1. The number of halogens is 1. The van der Waals surface area contributed by atoms with E-state index >= 15 is 0 Å². The third kappa shape index (κ3) is 4.13. The van der Waals surface area contributed by atoms with E-state index in [2.05, 4.69) is 5.32 Å². The summed E-state index contributed by atoms with van der Waals surface area (Å²) < 4.78 is 16.0. The van der Waals surface area contributed by atoms with Crippen molar-refractivity contribution in [3.8, 4) is 0 Å². The Morgan fingerprint density at radius 2 is 1.81 bits per heavy atom. The van der Waals surface area contributed by atoms with Crippen LogP contribution in [0.1, 0.15) is 23.6 Å². The van der Waals surface area contributed by atoms with E-state index in [-0.39, 0.29) is 19.0 Å². The molecule has 0 radical (unpaired) electrons. The van der Waals surface area contributed by atoms with Crippen LogP contribution in [0.2, 0.25) is 0 Å². The molecule has 0 aliphatic rings. The second kappa shape index (κ2) is 8.92. The van der Waals surface area contributed by atoms with Crippen LogP contribution >= 0.6 is 11.3 Å². The van der Waals surface area contributed by atoms with Gasteiger partial charge in [-0.2, -0.15) is 0 Å². The Bertz CT molecular complexity index is 1420. The van der Waals surface area contributed by atoms with Crippen LogP contribution in [0.5, 0.6) is 0 Å². The molecule has 2 aromatic carbocycles. The molecule has 0 aliphatic carbocycles. The lowest BCUT2D eigenvalue weighted by molar-refractivity contribution is -0.116. The van der Waals surface area contributed by atoms with Gasteiger partial charge in [0.15, 0.2) is 0 Å². The van der Waals surface area contributed by atoms with Gasteiger partial charge in [-0.1, -0.05) is 37.3 Å². The van der Waals surface area contributed by atoms with Gasteiger partial charge in [-0.25, -0.2) is 9.18 Å². The normalized spacial score (nSPS) is 11.1. The number of para-hydroxylation sites is 1. The van der Waals surface area contributed by atoms with Crippen molar-refractivity contribution in [2.45, 2.75) is 33.4 Å². The molecule has 8 heteroatoms. The average molecular weight is 452 g/mol. The number of rotatable bonds is 6. The molecule has 0 saturated carbocycles. The molecule has 0 bridgehead atoms. The standard InChI is InChI=1S/C24H22FN3O3S/c1-3-17-6-4-5-15(2)21(17)26-20(29)14-27-19-11-12-32-22(19)23(30)28(24(27)31)13-16-7-9-18(25)10-8-16/h4-12H,3,13-14H2,1-2H3,(H,26,29). The van der Waals surface area contributed by atoms with Crippen molar-refractivity contribution in [2.75, 3.05) is 5.32 Å². The predicted octanol–water partition coefficient (Wildman–Crippen LogP) is 3.92. The summed E-state index contributed by atoms with van der Waals surface area (Å²) in [5, 5.41) is 4.65. The molecule has 6 nitrogen and oxygen atoms in total. The Balaban J connectivity index is 1.72. The highest BCUT2D eigenvalue weighted by Crippen LogP contribution is 2.21. The summed E-state index contributed by atoms with van der Waals surface area (Å²) in [4.78, 5) is 39.1. The van der Waals surface area contributed by atoms with E-state index in [4.69, 9.17) is 0 Å². The first-order valence-electron chi connectivity index (χ1n) is 10.2. The molecule has 32 heavy (non-hydrogen) atoms. The Hall–Kier alpha value is -3.52. The van der Waals surface area contributed by atoms with Crippen molar-refractivity contribution in [2.24, 2.45) is 0 Å². The molecule has 2 aromatic heterocycles. The van der Waals surface area contributed by atoms with Crippen LogP contribution in [0.4, 0.5) is 10.1 Å². The number of carbonyl (C=O) groups excluding carboxylic acids is 1. The number of aromatic nitrogens is 2. The summed E-state index contributed by atoms with van der Waals surface area (Å²) in [5.74, 6) is -0.748. The monoisotopic (exact) mass is 451 g/mol. The number of thiophene rings is 1. The van der Waals surface area contributed by atoms with Crippen LogP contribution in [0.15, 0.2) is 63.5 Å². The number of carbonyl (C=O) groups is 1. The zero-order valence-electron chi connectivity index (χ0n) is 17.7. The molecule has 0 unspecified atom stereocenters. The minimum atomic E-state index is -0.583. The van der Waals surface area contributed by atoms with Crippen LogP contribution in [-0.4, -0.2) is 15.0 Å². The number of aryl methyl sites for hydroxylation is 2. The van der Waals surface area contributed by atoms with E-state index in [1.54, 1.807) is 11.4 Å². The van der Waals surface area contributed by atoms with Gasteiger partial charge >= 0.3 is 5.69 Å². The molecule has 1 N–H and O–H groups in total. The molecule has 0 fully saturated rings. The van der Waals surface area contributed by atoms with Crippen molar-refractivity contribution in [3.63, 3.8) is 0 Å². The van der Waals surface area contributed by atoms with Gasteiger partial charge in [0.05, 0.1) is 12.1 Å². The predicted molar refractivity (Wildman–Crippen MR) is 125 cm³/mol. The van der Waals surface area contributed by atoms with Gasteiger partial charge in [0.2, 0.25) is 5.91 Å². The largest absolute Gasteiger partial charge is 0.332 e. The summed E-state index contributed by atoms with van der Waals surface area (Å²) in [7, 11) is 0. The van der Waals surface area contributed by atoms with Gasteiger partial charge in [0.25, 0.3) is 5.56 Å². The second-order valence-electron chi connectivity index (χ2n) is 7.53. The Labute approximate surface area is 187 Å². The topological polar surface area (TPSA) is 73.1 Å². The lowest BCUT2D eigenvalue weighted by Crippen LogP contribution is -2.41. The lowest BCUT2D eigenvalue weighted by atomic mass is 10.1. The number of benzene rings is 2. The van der Waals surface area contributed by atoms with Crippen molar-refractivity contribution in [3.05, 3.63) is 97.3 Å². The number of anilines is 1. The van der Waals surface area contributed by atoms with Crippen LogP contribution in [-0.2, 0) is 24.3 Å². The number of nitrogens with one attached hydrogen (secondary N) is 1. The number of nitrogens with zero attached hydrogens (tertiary/aromatic N) is 2. The van der Waals surface area contributed by atoms with Crippen molar-refractivity contribution < 1.29 is 9.18 Å². The third-order valence-electron chi connectivity index (χ3n) is 5.40. The Morgan fingerprint density at radius 1 is 1.06 bits per heavy atom. The van der Waals surface area contributed by atoms with E-state index in [0.717, 1.165) is 27.8 Å². The van der Waals surface area contributed by atoms with Crippen LogP contribution < -0.4 is 16.6 Å². The van der Waals surface area contributed by atoms with E-state index in [1.165, 1.54) is 40.2 Å². The minimum absolute atomic E-state index is 0.00875. The van der Waals surface area contributed by atoms with Crippen LogP contribution in [0.3, 0.4) is 0 Å². The zero-order chi connectivity index (χ0) is 22.8. The fourth-order valence-corrected chi connectivity index (χ4v) is 4.57. The number of amides is 1. The number of hydrogen-bond acceptors (Lipinski definition) is 4. The molecule has 4 aromatic rings. The van der Waals surface area contributed by atoms with Crippen molar-refractivity contribution in [1.29, 1.82) is 0 Å². The first kappa shape index (κ1) is 21.7. The van der Waals surface area contributed by atoms with Gasteiger partial charge in [-0.05, 0) is 53.6 Å². The van der Waals surface area contributed by atoms with Gasteiger partial charge < -0.3 is 5.32 Å². The highest BCUT2D eigenvalue weighted by atomic mass is 32.1. The fourth-order valence-electron chi connectivity index (χ4n) is 3.72. The highest BCUT2D eigenvalue weighted by Gasteiger charge is 2.17. The smallest absolute Gasteiger partial charge is 0.324 e. The molecule has 4 rings (SSSR count). The molecule has 164 valence electrons. The summed E-state index contributed by atoms with van der Waals surface area (Å²) in [6, 6.07) is 13.1. The van der Waals surface area contributed by atoms with Gasteiger partial charge in [-0.15, -0.1) is 11.3 Å². The maximum absolute atomic E-state index is 13.2. The maximum atomic E-state index is 13.2. The summed E-state index contributed by atoms with van der Waals surface area (Å²) in [5.41, 5.74) is 2.73. The summed E-state index contributed by atoms with van der Waals surface area (Å²) in [6.45, 7) is 3.69. The average Bonchev–Trinajstić information content (AvgIpc) is 3.27. The quantitative estimate of drug-likeness (QED) is 0.483. The van der Waals surface area contributed by atoms with E-state index in [0.29, 0.717) is 15.8 Å². The van der Waals surface area contributed by atoms with E-state index in [9.17, 15) is 18.8 Å². The highest BCUT2D eigenvalue weighted by molar-refractivity contribution is 7.17. The van der Waals surface area contributed by atoms with Gasteiger partial charge in [0.1, 0.15) is 17.1 Å². The third-order valence-corrected chi connectivity index (χ3v) is 6.29. The Kier molecular flexibility index (Phi) is 6.05. The summed E-state index contributed by atoms with van der Waals surface area (Å²) >= 11 is 1.22. The lowest BCUT2D eigenvalue weighted by Gasteiger charge is -2.15. The van der Waals surface area contributed by atoms with Gasteiger partial charge in [-0.3, -0.25) is 18.7 Å². The van der Waals surface area contributed by atoms with E-state index < -0.39 is 17.1 Å². The second-order valence-corrected chi connectivity index (χ2v) is 8.45. The van der Waals surface area contributed by atoms with Gasteiger partial charge in [0, 0.05) is 5.69 Å². The Morgan fingerprint density at radius 3 is 2.53 bits per heavy atom. The molecular formula is C24H22FN3O3S. The molecule has 0 atom stereocenters. The molecule has 0 spiro atoms. The van der Waals surface area contributed by atoms with Crippen LogP contribution in [0, 0.1) is 12.7 Å². The minimum Gasteiger partial charge on any atom is -0.324 e. The molecule has 0 saturated heterocycles. The van der Waals surface area contributed by atoms with Crippen molar-refractivity contribution >= 4 is 33.1 Å². The fraction of sp³-hybridized carbons (Fsp3) is 0.208.